The van der Waals surface area contributed by atoms with E-state index >= 15 is 0 Å². The Kier molecular flexibility index (Phi) is 4.98. The maximum Gasteiger partial charge on any atom is 0.254 e. The average Bonchev–Trinajstić information content (AvgIpc) is 2.49. The van der Waals surface area contributed by atoms with E-state index in [0.717, 1.165) is 0 Å². The number of morpholine rings is 1. The molecule has 0 spiro atoms. The van der Waals surface area contributed by atoms with Crippen molar-refractivity contribution in [3.63, 3.8) is 0 Å². The summed E-state index contributed by atoms with van der Waals surface area (Å²) in [5, 5.41) is 3.11. The van der Waals surface area contributed by atoms with E-state index in [-0.39, 0.29) is 11.8 Å². The molecular weight excluding hydrogens is 280 g/mol. The van der Waals surface area contributed by atoms with Crippen molar-refractivity contribution in [2.75, 3.05) is 31.6 Å². The first kappa shape index (κ1) is 14.8. The molecule has 0 aromatic heterocycles. The lowest BCUT2D eigenvalue weighted by Crippen LogP contribution is -2.40. The minimum absolute atomic E-state index is 0.0723. The van der Waals surface area contributed by atoms with Crippen LogP contribution in [0.4, 0.5) is 5.69 Å². The van der Waals surface area contributed by atoms with E-state index in [1.54, 1.807) is 30.0 Å². The Hall–Kier alpha value is -1.59. The molecule has 5 nitrogen and oxygen atoms in total. The average molecular weight is 297 g/mol. The molecule has 1 fully saturated rings. The monoisotopic (exact) mass is 296 g/mol. The van der Waals surface area contributed by atoms with Gasteiger partial charge in [-0.05, 0) is 18.2 Å². The molecule has 20 heavy (non-hydrogen) atoms. The molecule has 1 N–H and O–H groups in total. The molecule has 1 heterocycles. The fraction of sp³-hybridized carbons (Fsp3) is 0.429. The number of amides is 2. The molecule has 0 saturated carbocycles. The van der Waals surface area contributed by atoms with Gasteiger partial charge in [0.25, 0.3) is 5.91 Å². The number of hydrogen-bond acceptors (Lipinski definition) is 3. The molecule has 1 aliphatic rings. The highest BCUT2D eigenvalue weighted by atomic mass is 35.5. The summed E-state index contributed by atoms with van der Waals surface area (Å²) < 4.78 is 5.22. The second-order valence-corrected chi connectivity index (χ2v) is 4.91. The Bertz CT molecular complexity index is 513. The quantitative estimate of drug-likeness (QED) is 0.930. The molecule has 0 radical (unpaired) electrons. The molecule has 0 aliphatic carbocycles. The number of benzene rings is 1. The molecule has 1 aliphatic heterocycles. The number of carbonyl (C=O) groups excluding carboxylic acids is 2. The number of hydrogen-bond donors (Lipinski definition) is 1. The Morgan fingerprint density at radius 3 is 2.70 bits per heavy atom. The maximum absolute atomic E-state index is 12.3. The zero-order valence-corrected chi connectivity index (χ0v) is 12.1. The van der Waals surface area contributed by atoms with Crippen LogP contribution >= 0.6 is 11.6 Å². The fourth-order valence-corrected chi connectivity index (χ4v) is 2.11. The van der Waals surface area contributed by atoms with Gasteiger partial charge in [-0.25, -0.2) is 0 Å². The molecule has 2 rings (SSSR count). The Balaban J connectivity index is 2.17. The summed E-state index contributed by atoms with van der Waals surface area (Å²) in [6.07, 6.45) is 0.359. The van der Waals surface area contributed by atoms with Crippen molar-refractivity contribution in [3.8, 4) is 0 Å². The Morgan fingerprint density at radius 1 is 1.35 bits per heavy atom. The van der Waals surface area contributed by atoms with Crippen LogP contribution in [0.3, 0.4) is 0 Å². The van der Waals surface area contributed by atoms with E-state index in [9.17, 15) is 9.59 Å². The smallest absolute Gasteiger partial charge is 0.254 e. The molecule has 0 bridgehead atoms. The Morgan fingerprint density at radius 2 is 2.05 bits per heavy atom. The van der Waals surface area contributed by atoms with Crippen molar-refractivity contribution in [2.45, 2.75) is 13.3 Å². The first-order chi connectivity index (χ1) is 9.61. The first-order valence-corrected chi connectivity index (χ1v) is 6.96. The van der Waals surface area contributed by atoms with Crippen LogP contribution in [0.15, 0.2) is 18.2 Å². The second-order valence-electron chi connectivity index (χ2n) is 4.50. The number of halogens is 1. The van der Waals surface area contributed by atoms with E-state index in [1.807, 2.05) is 0 Å². The van der Waals surface area contributed by atoms with Gasteiger partial charge in [0, 0.05) is 25.1 Å². The summed E-state index contributed by atoms with van der Waals surface area (Å²) in [6, 6.07) is 4.91. The van der Waals surface area contributed by atoms with Gasteiger partial charge in [0.15, 0.2) is 0 Å². The summed E-state index contributed by atoms with van der Waals surface area (Å²) in [7, 11) is 0. The number of ether oxygens (including phenoxy) is 1. The van der Waals surface area contributed by atoms with Gasteiger partial charge in [0.05, 0.1) is 23.9 Å². The number of rotatable bonds is 3. The molecule has 0 unspecified atom stereocenters. The second kappa shape index (κ2) is 6.72. The van der Waals surface area contributed by atoms with Crippen molar-refractivity contribution < 1.29 is 14.3 Å². The number of nitrogens with zero attached hydrogens (tertiary/aromatic N) is 1. The van der Waals surface area contributed by atoms with Crippen molar-refractivity contribution in [1.82, 2.24) is 4.90 Å². The van der Waals surface area contributed by atoms with E-state index < -0.39 is 0 Å². The fourth-order valence-electron chi connectivity index (χ4n) is 1.94. The summed E-state index contributed by atoms with van der Waals surface area (Å²) in [6.45, 7) is 4.03. The van der Waals surface area contributed by atoms with Crippen molar-refractivity contribution >= 4 is 29.1 Å². The standard InChI is InChI=1S/C14H17ClN2O3/c1-2-13(18)16-12-9-10(3-4-11(12)15)14(19)17-5-7-20-8-6-17/h3-4,9H,2,5-8H2,1H3,(H,16,18). The largest absolute Gasteiger partial charge is 0.378 e. The lowest BCUT2D eigenvalue weighted by atomic mass is 10.1. The van der Waals surface area contributed by atoms with Crippen molar-refractivity contribution in [3.05, 3.63) is 28.8 Å². The van der Waals surface area contributed by atoms with Crippen molar-refractivity contribution in [1.29, 1.82) is 0 Å². The van der Waals surface area contributed by atoms with Crippen LogP contribution in [0.2, 0.25) is 5.02 Å². The van der Waals surface area contributed by atoms with Gasteiger partial charge in [-0.3, -0.25) is 9.59 Å². The lowest BCUT2D eigenvalue weighted by Gasteiger charge is -2.27. The van der Waals surface area contributed by atoms with Gasteiger partial charge in [0.1, 0.15) is 0 Å². The summed E-state index contributed by atoms with van der Waals surface area (Å²) in [5.41, 5.74) is 0.986. The van der Waals surface area contributed by atoms with Gasteiger partial charge in [-0.1, -0.05) is 18.5 Å². The van der Waals surface area contributed by atoms with Crippen LogP contribution in [0.1, 0.15) is 23.7 Å². The van der Waals surface area contributed by atoms with E-state index in [4.69, 9.17) is 16.3 Å². The van der Waals surface area contributed by atoms with Crippen LogP contribution in [0, 0.1) is 0 Å². The predicted octanol–water partition coefficient (Wildman–Crippen LogP) is 2.16. The lowest BCUT2D eigenvalue weighted by molar-refractivity contribution is -0.115. The van der Waals surface area contributed by atoms with E-state index in [1.165, 1.54) is 0 Å². The van der Waals surface area contributed by atoms with Crippen LogP contribution < -0.4 is 5.32 Å². The molecule has 0 atom stereocenters. The summed E-state index contributed by atoms with van der Waals surface area (Å²) >= 11 is 6.03. The first-order valence-electron chi connectivity index (χ1n) is 6.58. The van der Waals surface area contributed by atoms with Gasteiger partial charge >= 0.3 is 0 Å². The zero-order chi connectivity index (χ0) is 14.5. The minimum atomic E-state index is -0.136. The molecular formula is C14H17ClN2O3. The summed E-state index contributed by atoms with van der Waals surface area (Å²) in [5.74, 6) is -0.208. The third kappa shape index (κ3) is 3.49. The highest BCUT2D eigenvalue weighted by Crippen LogP contribution is 2.24. The third-order valence-corrected chi connectivity index (χ3v) is 3.44. The van der Waals surface area contributed by atoms with E-state index in [0.29, 0.717) is 49.0 Å². The van der Waals surface area contributed by atoms with Gasteiger partial charge < -0.3 is 15.0 Å². The minimum Gasteiger partial charge on any atom is -0.378 e. The van der Waals surface area contributed by atoms with Crippen LogP contribution in [0.5, 0.6) is 0 Å². The Labute approximate surface area is 122 Å². The van der Waals surface area contributed by atoms with Crippen LogP contribution in [0.25, 0.3) is 0 Å². The zero-order valence-electron chi connectivity index (χ0n) is 11.3. The predicted molar refractivity (Wildman–Crippen MR) is 77.1 cm³/mol. The maximum atomic E-state index is 12.3. The molecule has 1 aromatic rings. The van der Waals surface area contributed by atoms with Gasteiger partial charge in [-0.2, -0.15) is 0 Å². The van der Waals surface area contributed by atoms with Crippen LogP contribution in [-0.4, -0.2) is 43.0 Å². The topological polar surface area (TPSA) is 58.6 Å². The molecule has 2 amide bonds. The molecule has 1 aromatic carbocycles. The highest BCUT2D eigenvalue weighted by molar-refractivity contribution is 6.33. The number of nitrogens with one attached hydrogen (secondary N) is 1. The SMILES string of the molecule is CCC(=O)Nc1cc(C(=O)N2CCOCC2)ccc1Cl. The molecule has 6 heteroatoms. The summed E-state index contributed by atoms with van der Waals surface area (Å²) in [4.78, 5) is 25.5. The molecule has 1 saturated heterocycles. The van der Waals surface area contributed by atoms with E-state index in [2.05, 4.69) is 5.32 Å². The van der Waals surface area contributed by atoms with Crippen molar-refractivity contribution in [2.24, 2.45) is 0 Å². The highest BCUT2D eigenvalue weighted by Gasteiger charge is 2.19. The molecule has 108 valence electrons. The van der Waals surface area contributed by atoms with Crippen LogP contribution in [-0.2, 0) is 9.53 Å². The number of anilines is 1. The normalized spacial score (nSPS) is 15.0. The van der Waals surface area contributed by atoms with Gasteiger partial charge in [-0.15, -0.1) is 0 Å². The number of carbonyl (C=O) groups is 2. The van der Waals surface area contributed by atoms with Gasteiger partial charge in [0.2, 0.25) is 5.91 Å². The third-order valence-electron chi connectivity index (χ3n) is 3.11.